The van der Waals surface area contributed by atoms with Gasteiger partial charge in [-0.1, -0.05) is 19.1 Å². The van der Waals surface area contributed by atoms with E-state index < -0.39 is 0 Å². The van der Waals surface area contributed by atoms with Crippen LogP contribution in [-0.2, 0) is 7.05 Å². The maximum absolute atomic E-state index is 5.41. The predicted molar refractivity (Wildman–Crippen MR) is 78.3 cm³/mol. The number of methoxy groups -OCH3 is 2. The van der Waals surface area contributed by atoms with Gasteiger partial charge in [0.25, 0.3) is 0 Å². The molecular weight excluding hydrogens is 254 g/mol. The van der Waals surface area contributed by atoms with Gasteiger partial charge in [0.05, 0.1) is 26.5 Å². The molecule has 1 N–H and O–H groups in total. The molecule has 1 aromatic heterocycles. The molecule has 0 saturated carbocycles. The van der Waals surface area contributed by atoms with Crippen LogP contribution in [0.3, 0.4) is 0 Å². The predicted octanol–water partition coefficient (Wildman–Crippen LogP) is 2.14. The van der Waals surface area contributed by atoms with Gasteiger partial charge in [0.2, 0.25) is 0 Å². The number of nitrogens with zero attached hydrogens (tertiary/aromatic N) is 2. The second-order valence-electron chi connectivity index (χ2n) is 4.49. The van der Waals surface area contributed by atoms with Crippen LogP contribution in [0.4, 0.5) is 0 Å². The number of nitrogens with one attached hydrogen (secondary N) is 1. The molecule has 0 bridgehead atoms. The maximum atomic E-state index is 5.41. The zero-order valence-corrected chi connectivity index (χ0v) is 12.4. The Labute approximate surface area is 119 Å². The number of aromatic nitrogens is 2. The Hall–Kier alpha value is -2.01. The summed E-state index contributed by atoms with van der Waals surface area (Å²) in [5, 5.41) is 7.75. The Morgan fingerprint density at radius 1 is 1.20 bits per heavy atom. The lowest BCUT2D eigenvalue weighted by Gasteiger charge is -2.20. The van der Waals surface area contributed by atoms with Crippen molar-refractivity contribution in [3.8, 4) is 11.5 Å². The van der Waals surface area contributed by atoms with Gasteiger partial charge in [-0.25, -0.2) is 0 Å². The average Bonchev–Trinajstić information content (AvgIpc) is 2.86. The minimum Gasteiger partial charge on any atom is -0.497 e. The van der Waals surface area contributed by atoms with E-state index in [1.807, 2.05) is 23.9 Å². The average molecular weight is 275 g/mol. The summed E-state index contributed by atoms with van der Waals surface area (Å²) in [5.41, 5.74) is 2.16. The lowest BCUT2D eigenvalue weighted by atomic mass is 10.0. The third-order valence-electron chi connectivity index (χ3n) is 3.30. The van der Waals surface area contributed by atoms with Gasteiger partial charge in [-0.05, 0) is 24.2 Å². The molecule has 1 unspecified atom stereocenters. The van der Waals surface area contributed by atoms with Gasteiger partial charge < -0.3 is 14.8 Å². The molecule has 0 spiro atoms. The molecule has 0 fully saturated rings. The summed E-state index contributed by atoms with van der Waals surface area (Å²) in [6, 6.07) is 8.07. The molecule has 0 aliphatic carbocycles. The number of rotatable bonds is 6. The van der Waals surface area contributed by atoms with Crippen molar-refractivity contribution >= 4 is 0 Å². The van der Waals surface area contributed by atoms with E-state index in [2.05, 4.69) is 29.5 Å². The minimum atomic E-state index is 0.0355. The first-order valence-corrected chi connectivity index (χ1v) is 6.64. The lowest BCUT2D eigenvalue weighted by Crippen LogP contribution is -2.24. The Morgan fingerprint density at radius 3 is 2.45 bits per heavy atom. The fourth-order valence-corrected chi connectivity index (χ4v) is 2.29. The molecule has 1 aromatic carbocycles. The van der Waals surface area contributed by atoms with Gasteiger partial charge in [0, 0.05) is 7.05 Å². The minimum absolute atomic E-state index is 0.0355. The summed E-state index contributed by atoms with van der Waals surface area (Å²) in [5.74, 6) is 1.63. The van der Waals surface area contributed by atoms with Crippen molar-refractivity contribution in [1.82, 2.24) is 15.1 Å². The monoisotopic (exact) mass is 275 g/mol. The lowest BCUT2D eigenvalue weighted by molar-refractivity contribution is 0.401. The van der Waals surface area contributed by atoms with Crippen molar-refractivity contribution in [2.24, 2.45) is 7.05 Å². The first-order valence-electron chi connectivity index (χ1n) is 6.64. The molecule has 1 atom stereocenters. The van der Waals surface area contributed by atoms with Crippen LogP contribution in [-0.4, -0.2) is 30.5 Å². The topological polar surface area (TPSA) is 48.3 Å². The molecule has 0 radical (unpaired) electrons. The van der Waals surface area contributed by atoms with Gasteiger partial charge in [0.1, 0.15) is 11.4 Å². The van der Waals surface area contributed by atoms with E-state index in [0.717, 1.165) is 29.3 Å². The Kier molecular flexibility index (Phi) is 4.63. The number of aryl methyl sites for hydroxylation is 1. The van der Waals surface area contributed by atoms with Crippen LogP contribution in [0.2, 0.25) is 0 Å². The van der Waals surface area contributed by atoms with Crippen molar-refractivity contribution in [3.63, 3.8) is 0 Å². The molecule has 5 heteroatoms. The quantitative estimate of drug-likeness (QED) is 0.877. The second kappa shape index (κ2) is 6.43. The molecule has 2 aromatic rings. The molecule has 2 rings (SSSR count). The van der Waals surface area contributed by atoms with Gasteiger partial charge >= 0.3 is 0 Å². The highest BCUT2D eigenvalue weighted by molar-refractivity contribution is 5.38. The number of ether oxygens (including phenoxy) is 2. The zero-order chi connectivity index (χ0) is 14.5. The van der Waals surface area contributed by atoms with E-state index in [-0.39, 0.29) is 6.04 Å². The molecule has 0 aliphatic heterocycles. The van der Waals surface area contributed by atoms with Crippen LogP contribution in [0.1, 0.15) is 24.2 Å². The molecule has 0 saturated heterocycles. The van der Waals surface area contributed by atoms with Crippen LogP contribution in [0.25, 0.3) is 0 Å². The van der Waals surface area contributed by atoms with Crippen LogP contribution in [0.5, 0.6) is 11.5 Å². The number of hydrogen-bond acceptors (Lipinski definition) is 4. The van der Waals surface area contributed by atoms with Crippen molar-refractivity contribution < 1.29 is 9.47 Å². The van der Waals surface area contributed by atoms with E-state index in [4.69, 9.17) is 9.47 Å². The summed E-state index contributed by atoms with van der Waals surface area (Å²) in [6.07, 6.45) is 1.74. The summed E-state index contributed by atoms with van der Waals surface area (Å²) < 4.78 is 12.5. The number of benzene rings is 1. The Bertz CT molecular complexity index is 549. The summed E-state index contributed by atoms with van der Waals surface area (Å²) in [4.78, 5) is 0. The Morgan fingerprint density at radius 2 is 1.90 bits per heavy atom. The van der Waals surface area contributed by atoms with Gasteiger partial charge in [0.15, 0.2) is 5.75 Å². The van der Waals surface area contributed by atoms with Crippen LogP contribution in [0, 0.1) is 0 Å². The van der Waals surface area contributed by atoms with Crippen LogP contribution >= 0.6 is 0 Å². The molecule has 20 heavy (non-hydrogen) atoms. The normalized spacial score (nSPS) is 12.2. The van der Waals surface area contributed by atoms with Gasteiger partial charge in [-0.3, -0.25) is 4.68 Å². The van der Waals surface area contributed by atoms with Crippen molar-refractivity contribution in [1.29, 1.82) is 0 Å². The van der Waals surface area contributed by atoms with E-state index in [0.29, 0.717) is 0 Å². The highest BCUT2D eigenvalue weighted by atomic mass is 16.5. The van der Waals surface area contributed by atoms with Crippen molar-refractivity contribution in [3.05, 3.63) is 41.7 Å². The van der Waals surface area contributed by atoms with Crippen LogP contribution < -0.4 is 14.8 Å². The molecular formula is C15H21N3O2. The summed E-state index contributed by atoms with van der Waals surface area (Å²) in [6.45, 7) is 2.93. The number of hydrogen-bond donors (Lipinski definition) is 1. The fraction of sp³-hybridized carbons (Fsp3) is 0.400. The van der Waals surface area contributed by atoms with E-state index >= 15 is 0 Å². The first-order chi connectivity index (χ1) is 9.71. The molecule has 5 nitrogen and oxygen atoms in total. The fourth-order valence-electron chi connectivity index (χ4n) is 2.29. The maximum Gasteiger partial charge on any atom is 0.161 e. The third kappa shape index (κ3) is 2.77. The van der Waals surface area contributed by atoms with Gasteiger partial charge in [-0.2, -0.15) is 5.10 Å². The van der Waals surface area contributed by atoms with Crippen molar-refractivity contribution in [2.75, 3.05) is 20.8 Å². The largest absolute Gasteiger partial charge is 0.497 e. The molecule has 0 aliphatic rings. The van der Waals surface area contributed by atoms with Crippen molar-refractivity contribution in [2.45, 2.75) is 13.0 Å². The zero-order valence-electron chi connectivity index (χ0n) is 12.4. The molecule has 1 heterocycles. The highest BCUT2D eigenvalue weighted by Gasteiger charge is 2.21. The second-order valence-corrected chi connectivity index (χ2v) is 4.49. The van der Waals surface area contributed by atoms with Gasteiger partial charge in [-0.15, -0.1) is 0 Å². The summed E-state index contributed by atoms with van der Waals surface area (Å²) >= 11 is 0. The van der Waals surface area contributed by atoms with Crippen LogP contribution in [0.15, 0.2) is 30.5 Å². The SMILES string of the molecule is CCNC(c1ccc(OC)cc1)c1c(OC)cnn1C. The smallest absolute Gasteiger partial charge is 0.161 e. The molecule has 108 valence electrons. The van der Waals surface area contributed by atoms with E-state index in [1.165, 1.54) is 0 Å². The Balaban J connectivity index is 2.41. The first kappa shape index (κ1) is 14.4. The van der Waals surface area contributed by atoms with E-state index in [1.54, 1.807) is 20.4 Å². The standard InChI is InChI=1S/C15H21N3O2/c1-5-16-14(11-6-8-12(19-3)9-7-11)15-13(20-4)10-17-18(15)2/h6-10,14,16H,5H2,1-4H3. The summed E-state index contributed by atoms with van der Waals surface area (Å²) in [7, 11) is 5.25. The molecule has 0 amide bonds. The highest BCUT2D eigenvalue weighted by Crippen LogP contribution is 2.30. The van der Waals surface area contributed by atoms with E-state index in [9.17, 15) is 0 Å². The third-order valence-corrected chi connectivity index (χ3v) is 3.30.